The highest BCUT2D eigenvalue weighted by Gasteiger charge is 2.47. The Labute approximate surface area is 118 Å². The molecule has 3 rings (SSSR count). The first-order chi connectivity index (χ1) is 9.38. The normalized spacial score (nSPS) is 27.0. The Bertz CT molecular complexity index is 637. The van der Waals surface area contributed by atoms with Gasteiger partial charge in [-0.2, -0.15) is 4.31 Å². The van der Waals surface area contributed by atoms with Crippen molar-refractivity contribution in [2.45, 2.75) is 19.4 Å². The lowest BCUT2D eigenvalue weighted by Gasteiger charge is -2.51. The van der Waals surface area contributed by atoms with Crippen LogP contribution in [0.4, 0.5) is 0 Å². The summed E-state index contributed by atoms with van der Waals surface area (Å²) in [6.07, 6.45) is 3.57. The molecule has 2 aliphatic rings. The number of aryl methyl sites for hydroxylation is 1. The van der Waals surface area contributed by atoms with Gasteiger partial charge in [0.2, 0.25) is 10.0 Å². The van der Waals surface area contributed by atoms with Gasteiger partial charge in [0.1, 0.15) is 0 Å². The summed E-state index contributed by atoms with van der Waals surface area (Å²) in [4.78, 5) is 14.1. The Hall–Kier alpha value is -1.34. The third kappa shape index (κ3) is 2.14. The molecule has 0 radical (unpaired) electrons. The monoisotopic (exact) mass is 298 g/mol. The summed E-state index contributed by atoms with van der Waals surface area (Å²) in [6.45, 7) is 3.54. The molecule has 2 aliphatic heterocycles. The maximum atomic E-state index is 12.4. The number of hydrogen-bond acceptors (Lipinski definition) is 4. The highest BCUT2D eigenvalue weighted by molar-refractivity contribution is 7.88. The molecule has 2 fully saturated rings. The number of piperidine rings is 1. The third-order valence-electron chi connectivity index (χ3n) is 4.28. The minimum absolute atomic E-state index is 0.0713. The van der Waals surface area contributed by atoms with Crippen molar-refractivity contribution < 1.29 is 17.6 Å². The third-order valence-corrected chi connectivity index (χ3v) is 5.55. The Balaban J connectivity index is 1.75. The number of sulfonamides is 1. The van der Waals surface area contributed by atoms with Gasteiger partial charge in [-0.05, 0) is 25.3 Å². The van der Waals surface area contributed by atoms with Crippen molar-refractivity contribution in [3.63, 3.8) is 0 Å². The minimum Gasteiger partial charge on any atom is -0.459 e. The van der Waals surface area contributed by atoms with E-state index >= 15 is 0 Å². The molecule has 0 aromatic carbocycles. The van der Waals surface area contributed by atoms with E-state index in [1.54, 1.807) is 11.0 Å². The van der Waals surface area contributed by atoms with Gasteiger partial charge in [-0.1, -0.05) is 0 Å². The molecule has 1 aromatic rings. The van der Waals surface area contributed by atoms with Crippen LogP contribution in [-0.2, 0) is 10.0 Å². The summed E-state index contributed by atoms with van der Waals surface area (Å²) in [7, 11) is -3.18. The summed E-state index contributed by atoms with van der Waals surface area (Å²) in [5.74, 6) is 0.589. The van der Waals surface area contributed by atoms with Crippen LogP contribution in [-0.4, -0.2) is 55.5 Å². The number of carbonyl (C=O) groups excluding carboxylic acids is 1. The van der Waals surface area contributed by atoms with E-state index in [1.165, 1.54) is 16.8 Å². The van der Waals surface area contributed by atoms with Gasteiger partial charge >= 0.3 is 0 Å². The van der Waals surface area contributed by atoms with Crippen LogP contribution in [0.15, 0.2) is 16.7 Å². The number of likely N-dealkylation sites (tertiary alicyclic amines) is 1. The number of nitrogens with zero attached hydrogens (tertiary/aromatic N) is 2. The quantitative estimate of drug-likeness (QED) is 0.805. The Morgan fingerprint density at radius 2 is 2.15 bits per heavy atom. The number of hydrogen-bond donors (Lipinski definition) is 0. The Kier molecular flexibility index (Phi) is 3.13. The van der Waals surface area contributed by atoms with Crippen molar-refractivity contribution in [1.82, 2.24) is 9.21 Å². The lowest BCUT2D eigenvalue weighted by atomic mass is 9.84. The lowest BCUT2D eigenvalue weighted by molar-refractivity contribution is 0.0126. The first kappa shape index (κ1) is 13.6. The highest BCUT2D eigenvalue weighted by Crippen LogP contribution is 2.34. The molecule has 1 aromatic heterocycles. The molecule has 7 heteroatoms. The summed E-state index contributed by atoms with van der Waals surface area (Å²) < 4.78 is 30.0. The van der Waals surface area contributed by atoms with Gasteiger partial charge in [0.25, 0.3) is 5.91 Å². The van der Waals surface area contributed by atoms with Crippen molar-refractivity contribution in [1.29, 1.82) is 0 Å². The van der Waals surface area contributed by atoms with Crippen molar-refractivity contribution in [3.8, 4) is 0 Å². The zero-order valence-corrected chi connectivity index (χ0v) is 12.4. The van der Waals surface area contributed by atoms with Crippen molar-refractivity contribution in [2.24, 2.45) is 5.92 Å². The van der Waals surface area contributed by atoms with Gasteiger partial charge in [0.15, 0.2) is 5.76 Å². The van der Waals surface area contributed by atoms with Gasteiger partial charge in [-0.15, -0.1) is 0 Å². The first-order valence-corrected chi connectivity index (χ1v) is 8.53. The predicted octanol–water partition coefficient (Wildman–Crippen LogP) is 0.694. The average molecular weight is 298 g/mol. The number of fused-ring (bicyclic) bond motifs is 1. The van der Waals surface area contributed by atoms with Crippen LogP contribution in [0.3, 0.4) is 0 Å². The van der Waals surface area contributed by atoms with E-state index in [0.29, 0.717) is 31.3 Å². The van der Waals surface area contributed by atoms with Crippen LogP contribution in [0, 0.1) is 12.8 Å². The molecule has 0 unspecified atom stereocenters. The smallest absolute Gasteiger partial charge is 0.289 e. The molecule has 0 saturated carbocycles. The van der Waals surface area contributed by atoms with Crippen LogP contribution in [0.1, 0.15) is 22.5 Å². The molecule has 6 nitrogen and oxygen atoms in total. The number of amides is 1. The van der Waals surface area contributed by atoms with Crippen LogP contribution in [0.5, 0.6) is 0 Å². The van der Waals surface area contributed by atoms with E-state index in [4.69, 9.17) is 4.42 Å². The summed E-state index contributed by atoms with van der Waals surface area (Å²) >= 11 is 0. The molecule has 2 atom stereocenters. The molecule has 110 valence electrons. The zero-order valence-electron chi connectivity index (χ0n) is 11.6. The predicted molar refractivity (Wildman–Crippen MR) is 72.8 cm³/mol. The summed E-state index contributed by atoms with van der Waals surface area (Å²) in [5, 5.41) is 0. The van der Waals surface area contributed by atoms with E-state index in [9.17, 15) is 13.2 Å². The van der Waals surface area contributed by atoms with Crippen molar-refractivity contribution in [3.05, 3.63) is 23.7 Å². The second kappa shape index (κ2) is 4.60. The molecule has 0 aliphatic carbocycles. The molecule has 20 heavy (non-hydrogen) atoms. The summed E-state index contributed by atoms with van der Waals surface area (Å²) in [5.41, 5.74) is 0.811. The minimum atomic E-state index is -3.18. The largest absolute Gasteiger partial charge is 0.459 e. The van der Waals surface area contributed by atoms with Gasteiger partial charge < -0.3 is 9.32 Å². The van der Waals surface area contributed by atoms with Gasteiger partial charge in [0.05, 0.1) is 12.5 Å². The molecule has 3 heterocycles. The van der Waals surface area contributed by atoms with Gasteiger partial charge in [-0.3, -0.25) is 4.79 Å². The average Bonchev–Trinajstić information content (AvgIpc) is 2.74. The highest BCUT2D eigenvalue weighted by atomic mass is 32.2. The molecule has 2 saturated heterocycles. The van der Waals surface area contributed by atoms with Crippen LogP contribution < -0.4 is 0 Å². The zero-order chi connectivity index (χ0) is 14.5. The van der Waals surface area contributed by atoms with Crippen molar-refractivity contribution >= 4 is 15.9 Å². The summed E-state index contributed by atoms with van der Waals surface area (Å²) in [6, 6.07) is 1.68. The first-order valence-electron chi connectivity index (χ1n) is 6.68. The second-order valence-corrected chi connectivity index (χ2v) is 7.57. The van der Waals surface area contributed by atoms with E-state index < -0.39 is 10.0 Å². The van der Waals surface area contributed by atoms with E-state index in [0.717, 1.165) is 12.0 Å². The molecule has 0 bridgehead atoms. The van der Waals surface area contributed by atoms with Crippen molar-refractivity contribution in [2.75, 3.05) is 25.9 Å². The van der Waals surface area contributed by atoms with E-state index in [2.05, 4.69) is 0 Å². The number of carbonyl (C=O) groups is 1. The lowest BCUT2D eigenvalue weighted by Crippen LogP contribution is -2.65. The maximum absolute atomic E-state index is 12.4. The topological polar surface area (TPSA) is 70.8 Å². The fourth-order valence-electron chi connectivity index (χ4n) is 3.05. The fraction of sp³-hybridized carbons (Fsp3) is 0.615. The molecule has 0 N–H and O–H groups in total. The van der Waals surface area contributed by atoms with Gasteiger partial charge in [0, 0.05) is 31.2 Å². The van der Waals surface area contributed by atoms with Crippen LogP contribution in [0.2, 0.25) is 0 Å². The molecular formula is C13H18N2O4S. The van der Waals surface area contributed by atoms with Crippen LogP contribution >= 0.6 is 0 Å². The fourth-order valence-corrected chi connectivity index (χ4v) is 4.24. The number of rotatable bonds is 2. The van der Waals surface area contributed by atoms with E-state index in [1.807, 2.05) is 6.92 Å². The van der Waals surface area contributed by atoms with Gasteiger partial charge in [-0.25, -0.2) is 8.42 Å². The maximum Gasteiger partial charge on any atom is 0.289 e. The number of furan rings is 1. The standard InChI is InChI=1S/C13H18N2O4S/c1-9-4-6-19-12(9)13(16)14-5-3-10-7-15(11(10)8-14)20(2,17)18/h4,6,10-11H,3,5,7-8H2,1-2H3/t10-,11-/m1/s1. The molecule has 1 amide bonds. The SMILES string of the molecule is Cc1ccoc1C(=O)N1CC[C@@H]2CN(S(C)(=O)=O)[C@@H]2C1. The van der Waals surface area contributed by atoms with Crippen LogP contribution in [0.25, 0.3) is 0 Å². The molecular weight excluding hydrogens is 280 g/mol. The Morgan fingerprint density at radius 1 is 1.40 bits per heavy atom. The Morgan fingerprint density at radius 3 is 2.75 bits per heavy atom. The second-order valence-electron chi connectivity index (χ2n) is 5.63. The molecule has 0 spiro atoms. The van der Waals surface area contributed by atoms with E-state index in [-0.39, 0.29) is 11.9 Å².